The van der Waals surface area contributed by atoms with Crippen molar-refractivity contribution in [2.24, 2.45) is 4.99 Å². The zero-order valence-corrected chi connectivity index (χ0v) is 16.5. The van der Waals surface area contributed by atoms with E-state index in [1.165, 1.54) is 0 Å². The first-order valence-electron chi connectivity index (χ1n) is 9.04. The molecule has 2 N–H and O–H groups in total. The first-order chi connectivity index (χ1) is 13.0. The highest BCUT2D eigenvalue weighted by Crippen LogP contribution is 2.26. The van der Waals surface area contributed by atoms with Crippen LogP contribution in [-0.2, 0) is 11.3 Å². The van der Waals surface area contributed by atoms with Gasteiger partial charge in [-0.05, 0) is 37.6 Å². The van der Waals surface area contributed by atoms with E-state index in [9.17, 15) is 4.79 Å². The largest absolute Gasteiger partial charge is 0.457 e. The number of para-hydroxylation sites is 1. The Kier molecular flexibility index (Phi) is 7.67. The average molecular weight is 368 g/mol. The molecular weight excluding hydrogens is 340 g/mol. The van der Waals surface area contributed by atoms with Crippen LogP contribution in [0.3, 0.4) is 0 Å². The van der Waals surface area contributed by atoms with Crippen LogP contribution in [0.2, 0.25) is 0 Å². The zero-order valence-electron chi connectivity index (χ0n) is 16.5. The first-order valence-corrected chi connectivity index (χ1v) is 9.04. The molecule has 0 heterocycles. The van der Waals surface area contributed by atoms with Gasteiger partial charge in [0.2, 0.25) is 5.91 Å². The lowest BCUT2D eigenvalue weighted by atomic mass is 10.2. The van der Waals surface area contributed by atoms with Gasteiger partial charge in [-0.2, -0.15) is 0 Å². The summed E-state index contributed by atoms with van der Waals surface area (Å²) in [6.45, 7) is 5.36. The second-order valence-corrected chi connectivity index (χ2v) is 6.36. The van der Waals surface area contributed by atoms with E-state index in [-0.39, 0.29) is 12.5 Å². The Morgan fingerprint density at radius 3 is 2.59 bits per heavy atom. The molecule has 0 radical (unpaired) electrons. The van der Waals surface area contributed by atoms with Crippen LogP contribution in [0.5, 0.6) is 11.5 Å². The Balaban J connectivity index is 2.10. The summed E-state index contributed by atoms with van der Waals surface area (Å²) in [4.78, 5) is 17.9. The Morgan fingerprint density at radius 2 is 1.89 bits per heavy atom. The molecule has 2 aromatic rings. The van der Waals surface area contributed by atoms with Gasteiger partial charge in [0.25, 0.3) is 0 Å². The molecule has 0 atom stereocenters. The molecule has 0 aliphatic rings. The number of nitrogens with one attached hydrogen (secondary N) is 2. The molecule has 0 saturated carbocycles. The molecule has 2 aromatic carbocycles. The van der Waals surface area contributed by atoms with E-state index in [0.29, 0.717) is 19.0 Å². The van der Waals surface area contributed by atoms with Crippen molar-refractivity contribution in [2.45, 2.75) is 20.4 Å². The number of benzene rings is 2. The van der Waals surface area contributed by atoms with Gasteiger partial charge in [0.15, 0.2) is 5.96 Å². The van der Waals surface area contributed by atoms with Crippen molar-refractivity contribution < 1.29 is 9.53 Å². The predicted molar refractivity (Wildman–Crippen MR) is 109 cm³/mol. The molecule has 0 aliphatic heterocycles. The summed E-state index contributed by atoms with van der Waals surface area (Å²) in [6.07, 6.45) is 0. The summed E-state index contributed by atoms with van der Waals surface area (Å²) in [7, 11) is 3.46. The van der Waals surface area contributed by atoms with Crippen molar-refractivity contribution in [3.8, 4) is 11.5 Å². The van der Waals surface area contributed by atoms with Crippen LogP contribution in [0.1, 0.15) is 18.1 Å². The molecule has 0 fully saturated rings. The Morgan fingerprint density at radius 1 is 1.11 bits per heavy atom. The maximum atomic E-state index is 11.8. The number of hydrogen-bond donors (Lipinski definition) is 2. The molecule has 1 amide bonds. The number of aliphatic imine (C=N–C) groups is 1. The van der Waals surface area contributed by atoms with E-state index < -0.39 is 0 Å². The maximum absolute atomic E-state index is 11.8. The van der Waals surface area contributed by atoms with Crippen LogP contribution < -0.4 is 15.4 Å². The number of nitrogens with zero attached hydrogens (tertiary/aromatic N) is 2. The minimum Gasteiger partial charge on any atom is -0.457 e. The van der Waals surface area contributed by atoms with Crippen molar-refractivity contribution in [1.29, 1.82) is 0 Å². The highest BCUT2D eigenvalue weighted by Gasteiger charge is 2.07. The van der Waals surface area contributed by atoms with Crippen LogP contribution in [0, 0.1) is 6.92 Å². The van der Waals surface area contributed by atoms with E-state index >= 15 is 0 Å². The van der Waals surface area contributed by atoms with Gasteiger partial charge in [-0.15, -0.1) is 0 Å². The lowest BCUT2D eigenvalue weighted by molar-refractivity contribution is -0.127. The van der Waals surface area contributed by atoms with Gasteiger partial charge < -0.3 is 20.3 Å². The highest BCUT2D eigenvalue weighted by atomic mass is 16.5. The summed E-state index contributed by atoms with van der Waals surface area (Å²) in [5, 5.41) is 6.21. The molecule has 6 nitrogen and oxygen atoms in total. The standard InChI is InChI=1S/C21H28N4O2/c1-5-22-21(24-15-20(26)25(3)4)23-14-17-10-6-7-12-19(17)27-18-11-8-9-16(2)13-18/h6-13H,5,14-15H2,1-4H3,(H2,22,23,24). The Labute approximate surface area is 161 Å². The Bertz CT molecular complexity index is 787. The molecular formula is C21H28N4O2. The van der Waals surface area contributed by atoms with Crippen molar-refractivity contribution in [1.82, 2.24) is 15.5 Å². The molecule has 0 unspecified atom stereocenters. The van der Waals surface area contributed by atoms with Gasteiger partial charge in [-0.25, -0.2) is 4.99 Å². The minimum absolute atomic E-state index is 0.0104. The summed E-state index contributed by atoms with van der Waals surface area (Å²) in [5.74, 6) is 2.15. The monoisotopic (exact) mass is 368 g/mol. The van der Waals surface area contributed by atoms with Crippen molar-refractivity contribution in [2.75, 3.05) is 27.2 Å². The van der Waals surface area contributed by atoms with E-state index in [2.05, 4.69) is 15.6 Å². The number of aryl methyl sites for hydroxylation is 1. The molecule has 0 aliphatic carbocycles. The quantitative estimate of drug-likeness (QED) is 0.583. The number of likely N-dealkylation sites (N-methyl/N-ethyl adjacent to an activating group) is 1. The normalized spacial score (nSPS) is 11.0. The third-order valence-electron chi connectivity index (χ3n) is 3.85. The maximum Gasteiger partial charge on any atom is 0.241 e. The summed E-state index contributed by atoms with van der Waals surface area (Å²) in [6, 6.07) is 15.8. The van der Waals surface area contributed by atoms with Gasteiger partial charge >= 0.3 is 0 Å². The second-order valence-electron chi connectivity index (χ2n) is 6.36. The van der Waals surface area contributed by atoms with Gasteiger partial charge in [0, 0.05) is 26.2 Å². The lowest BCUT2D eigenvalue weighted by Gasteiger charge is -2.15. The van der Waals surface area contributed by atoms with Crippen LogP contribution in [-0.4, -0.2) is 44.0 Å². The van der Waals surface area contributed by atoms with E-state index in [0.717, 1.165) is 22.6 Å². The van der Waals surface area contributed by atoms with E-state index in [1.807, 2.05) is 62.4 Å². The van der Waals surface area contributed by atoms with Gasteiger partial charge in [0.1, 0.15) is 11.5 Å². The third kappa shape index (κ3) is 6.66. The zero-order chi connectivity index (χ0) is 19.6. The number of rotatable bonds is 7. The Hall–Kier alpha value is -3.02. The number of guanidine groups is 1. The number of hydrogen-bond acceptors (Lipinski definition) is 3. The highest BCUT2D eigenvalue weighted by molar-refractivity contribution is 5.86. The summed E-state index contributed by atoms with van der Waals surface area (Å²) in [5.41, 5.74) is 2.11. The molecule has 27 heavy (non-hydrogen) atoms. The SMILES string of the molecule is CCNC(=NCc1ccccc1Oc1cccc(C)c1)NCC(=O)N(C)C. The fraction of sp³-hybridized carbons (Fsp3) is 0.333. The molecule has 2 rings (SSSR count). The van der Waals surface area contributed by atoms with Gasteiger partial charge in [0.05, 0.1) is 13.1 Å². The lowest BCUT2D eigenvalue weighted by Crippen LogP contribution is -2.42. The van der Waals surface area contributed by atoms with Crippen LogP contribution >= 0.6 is 0 Å². The van der Waals surface area contributed by atoms with Crippen LogP contribution in [0.25, 0.3) is 0 Å². The predicted octanol–water partition coefficient (Wildman–Crippen LogP) is 2.93. The van der Waals surface area contributed by atoms with Crippen LogP contribution in [0.15, 0.2) is 53.5 Å². The third-order valence-corrected chi connectivity index (χ3v) is 3.85. The topological polar surface area (TPSA) is 66.0 Å². The smallest absolute Gasteiger partial charge is 0.241 e. The van der Waals surface area contributed by atoms with Crippen molar-refractivity contribution in [3.63, 3.8) is 0 Å². The van der Waals surface area contributed by atoms with E-state index in [1.54, 1.807) is 19.0 Å². The van der Waals surface area contributed by atoms with Crippen LogP contribution in [0.4, 0.5) is 0 Å². The van der Waals surface area contributed by atoms with E-state index in [4.69, 9.17) is 4.74 Å². The molecule has 6 heteroatoms. The fourth-order valence-electron chi connectivity index (χ4n) is 2.36. The number of amides is 1. The molecule has 144 valence electrons. The average Bonchev–Trinajstić information content (AvgIpc) is 2.64. The molecule has 0 aromatic heterocycles. The number of carbonyl (C=O) groups excluding carboxylic acids is 1. The summed E-state index contributed by atoms with van der Waals surface area (Å²) >= 11 is 0. The van der Waals surface area contributed by atoms with Gasteiger partial charge in [-0.3, -0.25) is 4.79 Å². The van der Waals surface area contributed by atoms with Gasteiger partial charge in [-0.1, -0.05) is 30.3 Å². The summed E-state index contributed by atoms with van der Waals surface area (Å²) < 4.78 is 6.04. The first kappa shape index (κ1) is 20.3. The molecule has 0 saturated heterocycles. The van der Waals surface area contributed by atoms with Crippen molar-refractivity contribution in [3.05, 3.63) is 59.7 Å². The number of carbonyl (C=O) groups is 1. The second kappa shape index (κ2) is 10.2. The minimum atomic E-state index is -0.0104. The fourth-order valence-corrected chi connectivity index (χ4v) is 2.36. The number of ether oxygens (including phenoxy) is 1. The van der Waals surface area contributed by atoms with Crippen molar-refractivity contribution >= 4 is 11.9 Å². The molecule has 0 spiro atoms. The molecule has 0 bridgehead atoms.